The molecule has 0 radical (unpaired) electrons. The lowest BCUT2D eigenvalue weighted by Crippen LogP contribution is -2.11. The lowest BCUT2D eigenvalue weighted by molar-refractivity contribution is -0.114. The smallest absolute Gasteiger partial charge is 0.271 e. The van der Waals surface area contributed by atoms with Gasteiger partial charge in [0.2, 0.25) is 0 Å². The number of carbonyl (C=O) groups is 1. The monoisotopic (exact) mass is 465 g/mol. The van der Waals surface area contributed by atoms with Crippen LogP contribution >= 0.6 is 0 Å². The number of rotatable bonds is 10. The molecule has 1 aromatic heterocycles. The van der Waals surface area contributed by atoms with Gasteiger partial charge in [-0.2, -0.15) is 0 Å². The van der Waals surface area contributed by atoms with Crippen LogP contribution in [0.5, 0.6) is 0 Å². The topological polar surface area (TPSA) is 30.0 Å². The third-order valence-electron chi connectivity index (χ3n) is 5.80. The molecule has 34 heavy (non-hydrogen) atoms. The van der Waals surface area contributed by atoms with Crippen molar-refractivity contribution < 1.29 is 18.0 Å². The van der Waals surface area contributed by atoms with Crippen molar-refractivity contribution in [1.82, 2.24) is 4.98 Å². The number of ketones is 1. The summed E-state index contributed by atoms with van der Waals surface area (Å²) in [4.78, 5) is 16.6. The lowest BCUT2D eigenvalue weighted by Gasteiger charge is -2.18. The molecule has 0 spiro atoms. The molecule has 0 bridgehead atoms. The maximum atomic E-state index is 14.4. The van der Waals surface area contributed by atoms with Gasteiger partial charge in [-0.05, 0) is 78.3 Å². The Labute approximate surface area is 199 Å². The summed E-state index contributed by atoms with van der Waals surface area (Å²) in [6, 6.07) is 6.33. The fourth-order valence-corrected chi connectivity index (χ4v) is 4.09. The first-order valence-corrected chi connectivity index (χ1v) is 11.6. The van der Waals surface area contributed by atoms with Gasteiger partial charge in [0.05, 0.1) is 0 Å². The SMILES string of the molecule is CCC/C(=C\CCC(=O)/C=C/c1c(C)cc(C2=CC=CC2)cc1C(C)(F)F)c1ncccc1F. The largest absolute Gasteiger partial charge is 0.295 e. The first-order chi connectivity index (χ1) is 16.2. The molecule has 0 aliphatic heterocycles. The summed E-state index contributed by atoms with van der Waals surface area (Å²) in [6.45, 7) is 4.66. The van der Waals surface area contributed by atoms with E-state index in [-0.39, 0.29) is 23.6 Å². The molecule has 0 N–H and O–H groups in total. The molecule has 5 heteroatoms. The van der Waals surface area contributed by atoms with Crippen LogP contribution in [0.25, 0.3) is 17.2 Å². The molecule has 0 fully saturated rings. The highest BCUT2D eigenvalue weighted by Crippen LogP contribution is 2.36. The van der Waals surface area contributed by atoms with Gasteiger partial charge in [0, 0.05) is 25.1 Å². The highest BCUT2D eigenvalue weighted by molar-refractivity contribution is 5.94. The van der Waals surface area contributed by atoms with Crippen LogP contribution in [-0.2, 0) is 10.7 Å². The Morgan fingerprint density at radius 1 is 1.24 bits per heavy atom. The molecule has 2 aromatic rings. The second kappa shape index (κ2) is 11.3. The third-order valence-corrected chi connectivity index (χ3v) is 5.80. The summed E-state index contributed by atoms with van der Waals surface area (Å²) in [5, 5.41) is 0. The number of aryl methyl sites for hydroxylation is 1. The molecule has 3 rings (SSSR count). The molecule has 0 unspecified atom stereocenters. The highest BCUT2D eigenvalue weighted by Gasteiger charge is 2.28. The number of hydrogen-bond acceptors (Lipinski definition) is 2. The average molecular weight is 466 g/mol. The number of nitrogens with zero attached hydrogens (tertiary/aromatic N) is 1. The van der Waals surface area contributed by atoms with E-state index >= 15 is 0 Å². The van der Waals surface area contributed by atoms with E-state index in [1.54, 1.807) is 19.2 Å². The molecule has 0 saturated carbocycles. The van der Waals surface area contributed by atoms with Gasteiger partial charge < -0.3 is 0 Å². The van der Waals surface area contributed by atoms with Crippen LogP contribution in [0.3, 0.4) is 0 Å². The van der Waals surface area contributed by atoms with E-state index in [0.29, 0.717) is 29.7 Å². The summed E-state index contributed by atoms with van der Waals surface area (Å²) in [5.74, 6) is -3.60. The van der Waals surface area contributed by atoms with Gasteiger partial charge in [0.15, 0.2) is 5.78 Å². The predicted octanol–water partition coefficient (Wildman–Crippen LogP) is 8.23. The Bertz CT molecular complexity index is 1170. The summed E-state index contributed by atoms with van der Waals surface area (Å²) in [6.07, 6.45) is 14.9. The molecular formula is C29H30F3NO. The fourth-order valence-electron chi connectivity index (χ4n) is 4.09. The Morgan fingerprint density at radius 3 is 2.68 bits per heavy atom. The van der Waals surface area contributed by atoms with Crippen molar-refractivity contribution in [1.29, 1.82) is 0 Å². The van der Waals surface area contributed by atoms with Gasteiger partial charge in [-0.15, -0.1) is 0 Å². The van der Waals surface area contributed by atoms with Crippen LogP contribution in [0.4, 0.5) is 13.2 Å². The minimum atomic E-state index is -3.04. The number of alkyl halides is 2. The molecule has 0 amide bonds. The summed E-state index contributed by atoms with van der Waals surface area (Å²) in [5.41, 5.74) is 3.83. The van der Waals surface area contributed by atoms with Crippen LogP contribution in [0.15, 0.2) is 60.8 Å². The molecule has 178 valence electrons. The summed E-state index contributed by atoms with van der Waals surface area (Å²) >= 11 is 0. The maximum Gasteiger partial charge on any atom is 0.271 e. The zero-order valence-electron chi connectivity index (χ0n) is 19.9. The summed E-state index contributed by atoms with van der Waals surface area (Å²) < 4.78 is 43.0. The molecule has 1 aliphatic carbocycles. The van der Waals surface area contributed by atoms with Crippen molar-refractivity contribution in [2.45, 2.75) is 58.8 Å². The number of carbonyl (C=O) groups excluding carboxylic acids is 1. The number of halogens is 3. The Morgan fingerprint density at radius 2 is 2.03 bits per heavy atom. The second-order valence-electron chi connectivity index (χ2n) is 8.62. The first-order valence-electron chi connectivity index (χ1n) is 11.6. The number of benzene rings is 1. The van der Waals surface area contributed by atoms with E-state index in [4.69, 9.17) is 0 Å². The van der Waals surface area contributed by atoms with Crippen LogP contribution in [0, 0.1) is 12.7 Å². The number of pyridine rings is 1. The second-order valence-corrected chi connectivity index (χ2v) is 8.62. The van der Waals surface area contributed by atoms with Gasteiger partial charge in [0.25, 0.3) is 5.92 Å². The normalized spacial score (nSPS) is 14.2. The molecule has 1 aliphatic rings. The lowest BCUT2D eigenvalue weighted by atomic mass is 9.91. The van der Waals surface area contributed by atoms with E-state index in [9.17, 15) is 18.0 Å². The van der Waals surface area contributed by atoms with Crippen molar-refractivity contribution in [3.63, 3.8) is 0 Å². The minimum absolute atomic E-state index is 0.0879. The van der Waals surface area contributed by atoms with E-state index in [1.807, 2.05) is 37.3 Å². The standard InChI is InChI=1S/C29H30F3NO/c1-4-9-22(28-27(30)14-8-17-33-28)12-7-13-24(34)15-16-25-20(2)18-23(21-10-5-6-11-21)19-26(25)29(3,31)32/h5-6,8,10,12,14-19H,4,7,9,11,13H2,1-3H3/b16-15+,22-12+. The van der Waals surface area contributed by atoms with Gasteiger partial charge in [-0.1, -0.05) is 49.8 Å². The quantitative estimate of drug-likeness (QED) is 0.331. The maximum absolute atomic E-state index is 14.4. The van der Waals surface area contributed by atoms with Crippen LogP contribution < -0.4 is 0 Å². The van der Waals surface area contributed by atoms with Crippen LogP contribution in [-0.4, -0.2) is 10.8 Å². The zero-order chi connectivity index (χ0) is 24.7. The van der Waals surface area contributed by atoms with Gasteiger partial charge >= 0.3 is 0 Å². The van der Waals surface area contributed by atoms with Crippen molar-refractivity contribution >= 4 is 23.0 Å². The van der Waals surface area contributed by atoms with Crippen LogP contribution in [0.2, 0.25) is 0 Å². The Hall–Kier alpha value is -3.21. The molecule has 1 aromatic carbocycles. The summed E-state index contributed by atoms with van der Waals surface area (Å²) in [7, 11) is 0. The van der Waals surface area contributed by atoms with E-state index in [2.05, 4.69) is 4.98 Å². The predicted molar refractivity (Wildman–Crippen MR) is 133 cm³/mol. The minimum Gasteiger partial charge on any atom is -0.295 e. The van der Waals surface area contributed by atoms with Gasteiger partial charge in [-0.3, -0.25) is 9.78 Å². The number of allylic oxidation sites excluding steroid dienone is 7. The number of aromatic nitrogens is 1. The van der Waals surface area contributed by atoms with Gasteiger partial charge in [-0.25, -0.2) is 13.2 Å². The zero-order valence-corrected chi connectivity index (χ0v) is 19.9. The molecule has 0 atom stereocenters. The average Bonchev–Trinajstić information content (AvgIpc) is 3.32. The van der Waals surface area contributed by atoms with Crippen LogP contribution in [0.1, 0.15) is 73.9 Å². The van der Waals surface area contributed by atoms with Gasteiger partial charge in [0.1, 0.15) is 11.5 Å². The first kappa shape index (κ1) is 25.4. The van der Waals surface area contributed by atoms with Crippen molar-refractivity contribution in [3.05, 3.63) is 94.6 Å². The van der Waals surface area contributed by atoms with E-state index < -0.39 is 5.92 Å². The molecule has 2 nitrogen and oxygen atoms in total. The third kappa shape index (κ3) is 6.43. The highest BCUT2D eigenvalue weighted by atomic mass is 19.3. The fraction of sp³-hybridized carbons (Fsp3) is 0.310. The Balaban J connectivity index is 1.76. The molecule has 1 heterocycles. The van der Waals surface area contributed by atoms with Crippen molar-refractivity contribution in [2.75, 3.05) is 0 Å². The van der Waals surface area contributed by atoms with E-state index in [1.165, 1.54) is 24.3 Å². The molecule has 0 saturated heterocycles. The van der Waals surface area contributed by atoms with Crippen molar-refractivity contribution in [3.8, 4) is 0 Å². The number of hydrogen-bond donors (Lipinski definition) is 0. The Kier molecular flexibility index (Phi) is 8.43. The molecular weight excluding hydrogens is 435 g/mol. The van der Waals surface area contributed by atoms with E-state index in [0.717, 1.165) is 36.5 Å². The van der Waals surface area contributed by atoms with Crippen molar-refractivity contribution in [2.24, 2.45) is 0 Å².